The fraction of sp³-hybridized carbons (Fsp3) is 0.385. The van der Waals surface area contributed by atoms with Crippen LogP contribution in [-0.2, 0) is 4.79 Å². The van der Waals surface area contributed by atoms with Crippen molar-refractivity contribution >= 4 is 33.6 Å². The molecule has 1 aliphatic rings. The second kappa shape index (κ2) is 5.80. The Morgan fingerprint density at radius 3 is 2.75 bits per heavy atom. The van der Waals surface area contributed by atoms with E-state index in [4.69, 9.17) is 5.11 Å². The zero-order chi connectivity index (χ0) is 14.9. The van der Waals surface area contributed by atoms with Gasteiger partial charge in [-0.2, -0.15) is 0 Å². The van der Waals surface area contributed by atoms with Gasteiger partial charge in [-0.1, -0.05) is 6.07 Å². The number of aliphatic hydroxyl groups excluding tert-OH is 1. The number of amides is 2. The van der Waals surface area contributed by atoms with Gasteiger partial charge < -0.3 is 20.4 Å². The van der Waals surface area contributed by atoms with E-state index in [9.17, 15) is 14.7 Å². The number of carbonyl (C=O) groups excluding carboxylic acids is 1. The lowest BCUT2D eigenvalue weighted by molar-refractivity contribution is -0.141. The van der Waals surface area contributed by atoms with Gasteiger partial charge in [0.2, 0.25) is 0 Å². The Kier molecular flexibility index (Phi) is 4.29. The number of benzene rings is 1. The molecule has 0 radical (unpaired) electrons. The van der Waals surface area contributed by atoms with E-state index >= 15 is 0 Å². The van der Waals surface area contributed by atoms with Crippen LogP contribution in [0.2, 0.25) is 0 Å². The van der Waals surface area contributed by atoms with Gasteiger partial charge in [0.15, 0.2) is 0 Å². The lowest BCUT2D eigenvalue weighted by atomic mass is 10.2. The summed E-state index contributed by atoms with van der Waals surface area (Å²) < 4.78 is 0.720. The van der Waals surface area contributed by atoms with Crippen LogP contribution in [0.3, 0.4) is 0 Å². The summed E-state index contributed by atoms with van der Waals surface area (Å²) in [5, 5.41) is 21.2. The highest BCUT2D eigenvalue weighted by Crippen LogP contribution is 2.25. The number of likely N-dealkylation sites (tertiary alicyclic amines) is 1. The standard InChI is InChI=1S/C13H15BrN2O4/c1-7-2-3-10(9(14)4-7)15-13(20)16-6-8(17)5-11(16)12(18)19/h2-4,8,11,17H,5-6H2,1H3,(H,15,20)(H,18,19)/t8-,11-/m1/s1. The summed E-state index contributed by atoms with van der Waals surface area (Å²) in [7, 11) is 0. The summed E-state index contributed by atoms with van der Waals surface area (Å²) in [5.41, 5.74) is 1.60. The molecule has 0 bridgehead atoms. The number of urea groups is 1. The molecule has 1 fully saturated rings. The number of hydrogen-bond acceptors (Lipinski definition) is 3. The van der Waals surface area contributed by atoms with Crippen molar-refractivity contribution in [2.75, 3.05) is 11.9 Å². The maximum absolute atomic E-state index is 12.1. The van der Waals surface area contributed by atoms with Crippen molar-refractivity contribution in [2.24, 2.45) is 0 Å². The van der Waals surface area contributed by atoms with Crippen LogP contribution in [-0.4, -0.2) is 45.8 Å². The van der Waals surface area contributed by atoms with Gasteiger partial charge in [-0.25, -0.2) is 9.59 Å². The highest BCUT2D eigenvalue weighted by Gasteiger charge is 2.39. The van der Waals surface area contributed by atoms with E-state index in [1.54, 1.807) is 6.07 Å². The topological polar surface area (TPSA) is 89.9 Å². The summed E-state index contributed by atoms with van der Waals surface area (Å²) in [6.07, 6.45) is -0.749. The molecule has 0 saturated carbocycles. The molecule has 0 spiro atoms. The van der Waals surface area contributed by atoms with E-state index in [2.05, 4.69) is 21.2 Å². The molecule has 0 aliphatic carbocycles. The molecule has 6 nitrogen and oxygen atoms in total. The molecule has 1 aliphatic heterocycles. The Morgan fingerprint density at radius 2 is 2.15 bits per heavy atom. The molecule has 108 valence electrons. The maximum atomic E-state index is 12.1. The Hall–Kier alpha value is -1.60. The van der Waals surface area contributed by atoms with E-state index in [0.717, 1.165) is 14.9 Å². The van der Waals surface area contributed by atoms with Crippen LogP contribution in [0.15, 0.2) is 22.7 Å². The van der Waals surface area contributed by atoms with Gasteiger partial charge in [0.25, 0.3) is 0 Å². The van der Waals surface area contributed by atoms with Crippen molar-refractivity contribution in [3.8, 4) is 0 Å². The van der Waals surface area contributed by atoms with Crippen molar-refractivity contribution in [3.63, 3.8) is 0 Å². The number of rotatable bonds is 2. The van der Waals surface area contributed by atoms with Gasteiger partial charge in [0.05, 0.1) is 11.8 Å². The average molecular weight is 343 g/mol. The Balaban J connectivity index is 2.13. The van der Waals surface area contributed by atoms with Crippen LogP contribution in [0.25, 0.3) is 0 Å². The van der Waals surface area contributed by atoms with Crippen molar-refractivity contribution in [1.29, 1.82) is 0 Å². The van der Waals surface area contributed by atoms with Crippen LogP contribution < -0.4 is 5.32 Å². The molecule has 7 heteroatoms. The number of aliphatic hydroxyl groups is 1. The average Bonchev–Trinajstić information content (AvgIpc) is 2.75. The van der Waals surface area contributed by atoms with E-state index in [-0.39, 0.29) is 13.0 Å². The predicted octanol–water partition coefficient (Wildman–Crippen LogP) is 1.81. The number of nitrogens with one attached hydrogen (secondary N) is 1. The third-order valence-corrected chi connectivity index (χ3v) is 3.85. The maximum Gasteiger partial charge on any atom is 0.326 e. The molecule has 1 heterocycles. The number of carbonyl (C=O) groups is 2. The lowest BCUT2D eigenvalue weighted by Gasteiger charge is -2.22. The number of aliphatic carboxylic acids is 1. The first kappa shape index (κ1) is 14.8. The van der Waals surface area contributed by atoms with Crippen molar-refractivity contribution < 1.29 is 19.8 Å². The van der Waals surface area contributed by atoms with Gasteiger partial charge in [-0.3, -0.25) is 0 Å². The van der Waals surface area contributed by atoms with E-state index in [1.165, 1.54) is 0 Å². The van der Waals surface area contributed by atoms with Crippen molar-refractivity contribution in [3.05, 3.63) is 28.2 Å². The third-order valence-electron chi connectivity index (χ3n) is 3.19. The molecule has 2 atom stereocenters. The third kappa shape index (κ3) is 3.10. The predicted molar refractivity (Wildman–Crippen MR) is 76.7 cm³/mol. The van der Waals surface area contributed by atoms with Gasteiger partial charge in [0.1, 0.15) is 6.04 Å². The molecule has 1 aromatic carbocycles. The number of aryl methyl sites for hydroxylation is 1. The molecule has 2 rings (SSSR count). The Bertz CT molecular complexity index is 549. The Morgan fingerprint density at radius 1 is 1.45 bits per heavy atom. The number of nitrogens with zero attached hydrogens (tertiary/aromatic N) is 1. The quantitative estimate of drug-likeness (QED) is 0.764. The molecule has 2 amide bonds. The van der Waals surface area contributed by atoms with Gasteiger partial charge in [-0.15, -0.1) is 0 Å². The van der Waals surface area contributed by atoms with Gasteiger partial charge in [0, 0.05) is 17.4 Å². The molecule has 0 aromatic heterocycles. The first-order valence-corrected chi connectivity index (χ1v) is 6.92. The number of β-amino-alcohol motifs (C(OH)–C–C–N with tert-alkyl or cyclic N) is 1. The first-order chi connectivity index (χ1) is 9.38. The summed E-state index contributed by atoms with van der Waals surface area (Å²) >= 11 is 3.34. The second-order valence-corrected chi connectivity index (χ2v) is 5.66. The molecular formula is C13H15BrN2O4. The van der Waals surface area contributed by atoms with Crippen LogP contribution in [0.1, 0.15) is 12.0 Å². The van der Waals surface area contributed by atoms with Gasteiger partial charge >= 0.3 is 12.0 Å². The number of halogens is 1. The molecule has 1 aromatic rings. The monoisotopic (exact) mass is 342 g/mol. The first-order valence-electron chi connectivity index (χ1n) is 6.13. The minimum Gasteiger partial charge on any atom is -0.480 e. The van der Waals surface area contributed by atoms with Gasteiger partial charge in [-0.05, 0) is 40.5 Å². The Labute approximate surface area is 124 Å². The van der Waals surface area contributed by atoms with E-state index in [0.29, 0.717) is 5.69 Å². The zero-order valence-electron chi connectivity index (χ0n) is 10.8. The largest absolute Gasteiger partial charge is 0.480 e. The van der Waals surface area contributed by atoms with E-state index < -0.39 is 24.1 Å². The van der Waals surface area contributed by atoms with Crippen molar-refractivity contribution in [2.45, 2.75) is 25.5 Å². The summed E-state index contributed by atoms with van der Waals surface area (Å²) in [4.78, 5) is 24.4. The second-order valence-electron chi connectivity index (χ2n) is 4.81. The highest BCUT2D eigenvalue weighted by atomic mass is 79.9. The van der Waals surface area contributed by atoms with Crippen LogP contribution in [0, 0.1) is 6.92 Å². The smallest absolute Gasteiger partial charge is 0.326 e. The highest BCUT2D eigenvalue weighted by molar-refractivity contribution is 9.10. The summed E-state index contributed by atoms with van der Waals surface area (Å²) in [6.45, 7) is 1.94. The SMILES string of the molecule is Cc1ccc(NC(=O)N2C[C@H](O)C[C@@H]2C(=O)O)c(Br)c1. The number of carboxylic acid groups (broad SMARTS) is 1. The normalized spacial score (nSPS) is 21.9. The minimum atomic E-state index is -1.11. The zero-order valence-corrected chi connectivity index (χ0v) is 12.4. The van der Waals surface area contributed by atoms with Crippen LogP contribution >= 0.6 is 15.9 Å². The number of anilines is 1. The fourth-order valence-corrected chi connectivity index (χ4v) is 2.77. The summed E-state index contributed by atoms with van der Waals surface area (Å²) in [6, 6.07) is 3.91. The number of carboxylic acids is 1. The van der Waals surface area contributed by atoms with Crippen LogP contribution in [0.5, 0.6) is 0 Å². The molecule has 20 heavy (non-hydrogen) atoms. The van der Waals surface area contributed by atoms with Crippen LogP contribution in [0.4, 0.5) is 10.5 Å². The molecule has 1 saturated heterocycles. The summed E-state index contributed by atoms with van der Waals surface area (Å²) in [5.74, 6) is -1.11. The molecular weight excluding hydrogens is 328 g/mol. The molecule has 3 N–H and O–H groups in total. The van der Waals surface area contributed by atoms with E-state index in [1.807, 2.05) is 19.1 Å². The minimum absolute atomic E-state index is 0.0201. The fourth-order valence-electron chi connectivity index (χ4n) is 2.18. The molecule has 0 unspecified atom stereocenters. The van der Waals surface area contributed by atoms with Crippen molar-refractivity contribution in [1.82, 2.24) is 4.90 Å². The lowest BCUT2D eigenvalue weighted by Crippen LogP contribution is -2.43. The number of hydrogen-bond donors (Lipinski definition) is 3.